The minimum absolute atomic E-state index is 0.0556. The Hall–Kier alpha value is -3.46. The lowest BCUT2D eigenvalue weighted by molar-refractivity contribution is -0.373. The molecular weight excluding hydrogens is 744 g/mol. The van der Waals surface area contributed by atoms with E-state index in [4.69, 9.17) is 47.4 Å². The van der Waals surface area contributed by atoms with Crippen molar-refractivity contribution in [2.45, 2.75) is 145 Å². The van der Waals surface area contributed by atoms with E-state index in [9.17, 15) is 9.59 Å². The van der Waals surface area contributed by atoms with Crippen molar-refractivity contribution in [3.05, 3.63) is 96.6 Å². The fourth-order valence-corrected chi connectivity index (χ4v) is 8.39. The number of carbonyl (C=O) groups is 2. The van der Waals surface area contributed by atoms with Gasteiger partial charge in [0, 0.05) is 33.0 Å². The molecule has 0 aliphatic carbocycles. The number of unbranched alkanes of at least 4 members (excludes halogenated alkanes) is 1. The molecule has 2 aromatic carbocycles. The normalized spacial score (nSPS) is 25.6. The average Bonchev–Trinajstić information content (AvgIpc) is 4.04. The van der Waals surface area contributed by atoms with Gasteiger partial charge >= 0.3 is 11.9 Å². The summed E-state index contributed by atoms with van der Waals surface area (Å²) in [5, 5.41) is 0. The Bertz CT molecular complexity index is 1580. The molecule has 0 aromatic heterocycles. The molecule has 1 spiro atoms. The molecule has 318 valence electrons. The van der Waals surface area contributed by atoms with E-state index in [1.54, 1.807) is 43.5 Å². The molecule has 0 radical (unpaired) electrons. The van der Waals surface area contributed by atoms with E-state index in [2.05, 4.69) is 13.2 Å². The van der Waals surface area contributed by atoms with E-state index >= 15 is 0 Å². The molecule has 12 nitrogen and oxygen atoms in total. The van der Waals surface area contributed by atoms with Crippen LogP contribution in [0.1, 0.15) is 110 Å². The quantitative estimate of drug-likeness (QED) is 0.0467. The van der Waals surface area contributed by atoms with Crippen molar-refractivity contribution in [3.63, 3.8) is 0 Å². The van der Waals surface area contributed by atoms with Crippen LogP contribution in [0.3, 0.4) is 0 Å². The Morgan fingerprint density at radius 2 is 1.47 bits per heavy atom. The third-order valence-electron chi connectivity index (χ3n) is 11.3. The predicted octanol–water partition coefficient (Wildman–Crippen LogP) is 8.02. The molecule has 6 rings (SSSR count). The van der Waals surface area contributed by atoms with Gasteiger partial charge in [-0.1, -0.05) is 54.6 Å². The molecule has 0 saturated carbocycles. The Balaban J connectivity index is 1.03. The van der Waals surface area contributed by atoms with Crippen LogP contribution in [0.5, 0.6) is 0 Å². The second kappa shape index (κ2) is 22.8. The smallest absolute Gasteiger partial charge is 0.339 e. The molecule has 2 aromatic rings. The molecule has 0 amide bonds. The second-order valence-electron chi connectivity index (χ2n) is 15.5. The molecule has 4 heterocycles. The van der Waals surface area contributed by atoms with E-state index in [-0.39, 0.29) is 54.5 Å². The number of methoxy groups -OCH3 is 1. The molecule has 4 aliphatic rings. The lowest BCUT2D eigenvalue weighted by Gasteiger charge is -2.38. The fraction of sp³-hybridized carbons (Fsp3) is 0.609. The summed E-state index contributed by atoms with van der Waals surface area (Å²) in [6, 6.07) is 16.6. The van der Waals surface area contributed by atoms with E-state index in [1.165, 1.54) is 0 Å². The van der Waals surface area contributed by atoms with Gasteiger partial charge in [-0.15, -0.1) is 13.2 Å². The van der Waals surface area contributed by atoms with Gasteiger partial charge in [0.15, 0.2) is 0 Å². The maximum absolute atomic E-state index is 13.9. The van der Waals surface area contributed by atoms with Crippen molar-refractivity contribution in [1.29, 1.82) is 0 Å². The summed E-state index contributed by atoms with van der Waals surface area (Å²) < 4.78 is 60.2. The number of esters is 2. The van der Waals surface area contributed by atoms with Crippen LogP contribution >= 0.6 is 0 Å². The maximum Gasteiger partial charge on any atom is 0.339 e. The maximum atomic E-state index is 13.9. The molecule has 0 bridgehead atoms. The summed E-state index contributed by atoms with van der Waals surface area (Å²) in [6.07, 6.45) is 10.7. The van der Waals surface area contributed by atoms with Gasteiger partial charge in [-0.05, 0) is 81.9 Å². The summed E-state index contributed by atoms with van der Waals surface area (Å²) in [7, 11) is 1.56. The van der Waals surface area contributed by atoms with Crippen LogP contribution < -0.4 is 0 Å². The zero-order chi connectivity index (χ0) is 40.6. The lowest BCUT2D eigenvalue weighted by atomic mass is 9.99. The highest BCUT2D eigenvalue weighted by molar-refractivity contribution is 6.03. The second-order valence-corrected chi connectivity index (χ2v) is 15.5. The van der Waals surface area contributed by atoms with Crippen LogP contribution in [0.4, 0.5) is 0 Å². The van der Waals surface area contributed by atoms with E-state index in [0.717, 1.165) is 56.9 Å². The first-order chi connectivity index (χ1) is 28.4. The lowest BCUT2D eigenvalue weighted by Crippen LogP contribution is -2.46. The van der Waals surface area contributed by atoms with E-state index in [1.807, 2.05) is 30.3 Å². The van der Waals surface area contributed by atoms with Crippen molar-refractivity contribution in [1.82, 2.24) is 0 Å². The van der Waals surface area contributed by atoms with E-state index in [0.29, 0.717) is 58.5 Å². The fourth-order valence-electron chi connectivity index (χ4n) is 8.39. The van der Waals surface area contributed by atoms with Crippen LogP contribution in [0.25, 0.3) is 0 Å². The van der Waals surface area contributed by atoms with Crippen molar-refractivity contribution in [2.24, 2.45) is 0 Å². The Morgan fingerprint density at radius 1 is 0.793 bits per heavy atom. The minimum atomic E-state index is -0.926. The number of hydrogen-bond donors (Lipinski definition) is 0. The summed E-state index contributed by atoms with van der Waals surface area (Å²) in [6.45, 7) is 10.1. The molecule has 0 N–H and O–H groups in total. The summed E-state index contributed by atoms with van der Waals surface area (Å²) in [4.78, 5) is 27.8. The molecule has 0 unspecified atom stereocenters. The molecule has 12 heteroatoms. The summed E-state index contributed by atoms with van der Waals surface area (Å²) >= 11 is 0. The van der Waals surface area contributed by atoms with Crippen molar-refractivity contribution in [2.75, 3.05) is 33.7 Å². The van der Waals surface area contributed by atoms with Crippen molar-refractivity contribution in [3.8, 4) is 0 Å². The monoisotopic (exact) mass is 806 g/mol. The van der Waals surface area contributed by atoms with E-state index < -0.39 is 30.1 Å². The van der Waals surface area contributed by atoms with Gasteiger partial charge < -0.3 is 47.4 Å². The standard InChI is InChI=1S/C46H62O12/c1-4-14-34(51-32-49-3)30-35(18-11-12-27-50-31-33-16-7-6-8-17-33)54-44(47)36-19-9-10-20-37(36)45(48)57-38(15-5-2)39-22-23-40(55-39)41-24-25-42(56-41)43-21-13-26-46(58-43)52-28-29-53-46/h4-10,16-17,19-20,34-35,38-43H,1-2,11-15,18,21-32H2,3H3/t34-,35+,38+,39-,40+,41-,42-,43+/m1/s1. The van der Waals surface area contributed by atoms with Gasteiger partial charge in [-0.2, -0.15) is 0 Å². The summed E-state index contributed by atoms with van der Waals surface area (Å²) in [5.74, 6) is -2.15. The molecule has 4 fully saturated rings. The van der Waals surface area contributed by atoms with Gasteiger partial charge in [-0.3, -0.25) is 0 Å². The SMILES string of the molecule is C=CC[C@H](C[C@H](CCCCOCc1ccccc1)OC(=O)c1ccccc1C(=O)O[C@@H](CC=C)[C@H]1CC[C@@H]([C@H]2CC[C@H]([C@@H]3CCCC4(OCCO4)O3)O2)O1)OCOC. The molecule has 4 aliphatic heterocycles. The molecular formula is C46H62O12. The highest BCUT2D eigenvalue weighted by Crippen LogP contribution is 2.40. The van der Waals surface area contributed by atoms with Gasteiger partial charge in [0.1, 0.15) is 19.0 Å². The van der Waals surface area contributed by atoms with Crippen molar-refractivity contribution < 1.29 is 57.0 Å². The number of rotatable bonds is 23. The number of benzene rings is 2. The van der Waals surface area contributed by atoms with Crippen LogP contribution in [0.2, 0.25) is 0 Å². The molecule has 4 saturated heterocycles. The van der Waals surface area contributed by atoms with Gasteiger partial charge in [0.05, 0.1) is 67.6 Å². The summed E-state index contributed by atoms with van der Waals surface area (Å²) in [5.41, 5.74) is 1.38. The van der Waals surface area contributed by atoms with Crippen LogP contribution in [-0.4, -0.2) is 100 Å². The van der Waals surface area contributed by atoms with Gasteiger partial charge in [0.25, 0.3) is 5.97 Å². The van der Waals surface area contributed by atoms with Crippen LogP contribution in [0, 0.1) is 0 Å². The Labute approximate surface area is 343 Å². The Morgan fingerprint density at radius 3 is 2.19 bits per heavy atom. The Kier molecular flexibility index (Phi) is 17.3. The highest BCUT2D eigenvalue weighted by atomic mass is 16.9. The topological polar surface area (TPSA) is 126 Å². The van der Waals surface area contributed by atoms with Gasteiger partial charge in [-0.25, -0.2) is 9.59 Å². The van der Waals surface area contributed by atoms with Gasteiger partial charge in [0.2, 0.25) is 0 Å². The first-order valence-electron chi connectivity index (χ1n) is 21.1. The highest BCUT2D eigenvalue weighted by Gasteiger charge is 2.48. The third kappa shape index (κ3) is 12.5. The molecule has 8 atom stereocenters. The van der Waals surface area contributed by atoms with Crippen molar-refractivity contribution >= 4 is 11.9 Å². The number of carbonyl (C=O) groups excluding carboxylic acids is 2. The largest absolute Gasteiger partial charge is 0.459 e. The zero-order valence-electron chi connectivity index (χ0n) is 34.0. The predicted molar refractivity (Wildman–Crippen MR) is 215 cm³/mol. The first kappa shape index (κ1) is 44.1. The van der Waals surface area contributed by atoms with Crippen LogP contribution in [-0.2, 0) is 54.0 Å². The van der Waals surface area contributed by atoms with Crippen LogP contribution in [0.15, 0.2) is 79.9 Å². The third-order valence-corrected chi connectivity index (χ3v) is 11.3. The molecule has 58 heavy (non-hydrogen) atoms. The number of hydrogen-bond acceptors (Lipinski definition) is 12. The number of ether oxygens (including phenoxy) is 10. The minimum Gasteiger partial charge on any atom is -0.459 e. The average molecular weight is 807 g/mol. The zero-order valence-corrected chi connectivity index (χ0v) is 34.0. The first-order valence-corrected chi connectivity index (χ1v) is 21.1.